The normalized spacial score (nSPS) is 16.4. The van der Waals surface area contributed by atoms with E-state index in [1.54, 1.807) is 12.1 Å². The molecule has 0 atom stereocenters. The van der Waals surface area contributed by atoms with Crippen molar-refractivity contribution in [1.82, 2.24) is 5.32 Å². The lowest BCUT2D eigenvalue weighted by Gasteiger charge is -2.18. The Bertz CT molecular complexity index is 456. The largest absolute Gasteiger partial charge is 0.312 e. The molecule has 76 valence electrons. The molecule has 0 unspecified atom stereocenters. The Morgan fingerprint density at radius 1 is 1.36 bits per heavy atom. The van der Waals surface area contributed by atoms with Gasteiger partial charge in [0.1, 0.15) is 0 Å². The van der Waals surface area contributed by atoms with Gasteiger partial charge in [-0.15, -0.1) is 0 Å². The van der Waals surface area contributed by atoms with Crippen LogP contribution in [-0.4, -0.2) is 15.0 Å². The van der Waals surface area contributed by atoms with Crippen LogP contribution in [0.4, 0.5) is 0 Å². The van der Waals surface area contributed by atoms with Crippen molar-refractivity contribution in [3.05, 3.63) is 29.3 Å². The van der Waals surface area contributed by atoms with E-state index in [-0.39, 0.29) is 4.90 Å². The fourth-order valence-corrected chi connectivity index (χ4v) is 2.88. The summed E-state index contributed by atoms with van der Waals surface area (Å²) in [6.07, 6.45) is 0.857. The third-order valence-electron chi connectivity index (χ3n) is 2.37. The fourth-order valence-electron chi connectivity index (χ4n) is 1.71. The molecule has 0 spiro atoms. The Morgan fingerprint density at radius 2 is 2.14 bits per heavy atom. The number of hydrogen-bond acceptors (Lipinski definition) is 3. The summed E-state index contributed by atoms with van der Waals surface area (Å²) in [5.74, 6) is 0. The molecule has 1 aliphatic heterocycles. The van der Waals surface area contributed by atoms with Gasteiger partial charge in [-0.1, -0.05) is 12.1 Å². The molecule has 0 saturated heterocycles. The summed E-state index contributed by atoms with van der Waals surface area (Å²) in [6, 6.07) is 5.23. The van der Waals surface area contributed by atoms with Crippen molar-refractivity contribution in [3.8, 4) is 0 Å². The van der Waals surface area contributed by atoms with E-state index >= 15 is 0 Å². The van der Waals surface area contributed by atoms with Crippen LogP contribution in [0.2, 0.25) is 0 Å². The van der Waals surface area contributed by atoms with E-state index in [1.807, 2.05) is 6.07 Å². The summed E-state index contributed by atoms with van der Waals surface area (Å²) in [4.78, 5) is 0.240. The molecule has 0 amide bonds. The van der Waals surface area contributed by atoms with Gasteiger partial charge in [-0.2, -0.15) is 0 Å². The summed E-state index contributed by atoms with van der Waals surface area (Å²) in [5, 5.41) is 3.13. The first-order valence-electron chi connectivity index (χ1n) is 4.35. The minimum atomic E-state index is -3.61. The van der Waals surface area contributed by atoms with Crippen molar-refractivity contribution in [2.24, 2.45) is 0 Å². The van der Waals surface area contributed by atoms with Crippen LogP contribution >= 0.6 is 10.7 Å². The average Bonchev–Trinajstić information content (AvgIpc) is 2.15. The SMILES string of the molecule is O=S(=O)(Cl)c1cccc2c1CNCC2. The van der Waals surface area contributed by atoms with Gasteiger partial charge in [-0.3, -0.25) is 0 Å². The van der Waals surface area contributed by atoms with Gasteiger partial charge in [0.15, 0.2) is 0 Å². The highest BCUT2D eigenvalue weighted by atomic mass is 35.7. The molecular weight excluding hydrogens is 222 g/mol. The number of nitrogens with one attached hydrogen (secondary N) is 1. The van der Waals surface area contributed by atoms with Gasteiger partial charge in [-0.25, -0.2) is 8.42 Å². The zero-order valence-corrected chi connectivity index (χ0v) is 9.03. The molecule has 1 heterocycles. The summed E-state index contributed by atoms with van der Waals surface area (Å²) in [7, 11) is 1.73. The molecule has 0 fully saturated rings. The fraction of sp³-hybridized carbons (Fsp3) is 0.333. The Labute approximate surface area is 87.5 Å². The highest BCUT2D eigenvalue weighted by Gasteiger charge is 2.19. The topological polar surface area (TPSA) is 46.2 Å². The lowest BCUT2D eigenvalue weighted by atomic mass is 10.0. The molecule has 1 aromatic rings. The zero-order valence-electron chi connectivity index (χ0n) is 7.46. The summed E-state index contributed by atoms with van der Waals surface area (Å²) in [5.41, 5.74) is 1.89. The van der Waals surface area contributed by atoms with Crippen LogP contribution in [0.5, 0.6) is 0 Å². The predicted octanol–water partition coefficient (Wildman–Crippen LogP) is 1.26. The number of benzene rings is 1. The smallest absolute Gasteiger partial charge is 0.261 e. The maximum atomic E-state index is 11.2. The molecule has 3 nitrogen and oxygen atoms in total. The maximum absolute atomic E-state index is 11.2. The molecule has 0 saturated carbocycles. The number of halogens is 1. The highest BCUT2D eigenvalue weighted by molar-refractivity contribution is 8.13. The van der Waals surface area contributed by atoms with Crippen molar-refractivity contribution in [2.45, 2.75) is 17.9 Å². The molecule has 0 aromatic heterocycles. The number of rotatable bonds is 1. The molecule has 1 aromatic carbocycles. The Balaban J connectivity index is 2.62. The first-order chi connectivity index (χ1) is 6.59. The third-order valence-corrected chi connectivity index (χ3v) is 3.77. The summed E-state index contributed by atoms with van der Waals surface area (Å²) in [6.45, 7) is 1.47. The second-order valence-electron chi connectivity index (χ2n) is 3.26. The van der Waals surface area contributed by atoms with Crippen LogP contribution < -0.4 is 5.32 Å². The first-order valence-corrected chi connectivity index (χ1v) is 6.66. The lowest BCUT2D eigenvalue weighted by Crippen LogP contribution is -2.25. The van der Waals surface area contributed by atoms with E-state index in [0.717, 1.165) is 24.1 Å². The van der Waals surface area contributed by atoms with Gasteiger partial charge in [0.05, 0.1) is 4.90 Å². The van der Waals surface area contributed by atoms with Crippen molar-refractivity contribution in [3.63, 3.8) is 0 Å². The van der Waals surface area contributed by atoms with Gasteiger partial charge in [0.25, 0.3) is 9.05 Å². The molecule has 0 radical (unpaired) electrons. The number of fused-ring (bicyclic) bond motifs is 1. The molecule has 2 rings (SSSR count). The van der Waals surface area contributed by atoms with Crippen LogP contribution in [0.15, 0.2) is 23.1 Å². The van der Waals surface area contributed by atoms with Crippen LogP contribution in [0.3, 0.4) is 0 Å². The van der Waals surface area contributed by atoms with E-state index in [1.165, 1.54) is 0 Å². The minimum absolute atomic E-state index is 0.240. The third kappa shape index (κ3) is 1.78. The molecule has 14 heavy (non-hydrogen) atoms. The van der Waals surface area contributed by atoms with Crippen LogP contribution in [-0.2, 0) is 22.0 Å². The van der Waals surface area contributed by atoms with Crippen LogP contribution in [0, 0.1) is 0 Å². The second-order valence-corrected chi connectivity index (χ2v) is 5.79. The summed E-state index contributed by atoms with van der Waals surface area (Å²) >= 11 is 0. The Kier molecular flexibility index (Phi) is 2.51. The summed E-state index contributed by atoms with van der Waals surface area (Å²) < 4.78 is 22.5. The standard InChI is InChI=1S/C9H10ClNO2S/c10-14(12,13)9-3-1-2-7-4-5-11-6-8(7)9/h1-3,11H,4-6H2. The zero-order chi connectivity index (χ0) is 10.2. The van der Waals surface area contributed by atoms with Crippen molar-refractivity contribution in [1.29, 1.82) is 0 Å². The molecule has 0 bridgehead atoms. The van der Waals surface area contributed by atoms with Crippen LogP contribution in [0.25, 0.3) is 0 Å². The van der Waals surface area contributed by atoms with Gasteiger partial charge < -0.3 is 5.32 Å². The van der Waals surface area contributed by atoms with E-state index in [2.05, 4.69) is 5.32 Å². The van der Waals surface area contributed by atoms with E-state index in [4.69, 9.17) is 10.7 Å². The highest BCUT2D eigenvalue weighted by Crippen LogP contribution is 2.25. The van der Waals surface area contributed by atoms with Gasteiger partial charge >= 0.3 is 0 Å². The van der Waals surface area contributed by atoms with Gasteiger partial charge in [0, 0.05) is 17.2 Å². The van der Waals surface area contributed by atoms with Crippen LogP contribution in [0.1, 0.15) is 11.1 Å². The molecule has 1 N–H and O–H groups in total. The van der Waals surface area contributed by atoms with Crippen molar-refractivity contribution < 1.29 is 8.42 Å². The Morgan fingerprint density at radius 3 is 2.86 bits per heavy atom. The minimum Gasteiger partial charge on any atom is -0.312 e. The maximum Gasteiger partial charge on any atom is 0.261 e. The molecular formula is C9H10ClNO2S. The quantitative estimate of drug-likeness (QED) is 0.741. The average molecular weight is 232 g/mol. The Hall–Kier alpha value is -0.580. The van der Waals surface area contributed by atoms with Crippen molar-refractivity contribution >= 4 is 19.7 Å². The predicted molar refractivity (Wildman–Crippen MR) is 54.9 cm³/mol. The van der Waals surface area contributed by atoms with Gasteiger partial charge in [0.2, 0.25) is 0 Å². The van der Waals surface area contributed by atoms with E-state index < -0.39 is 9.05 Å². The second kappa shape index (κ2) is 3.53. The molecule has 1 aliphatic rings. The molecule has 0 aliphatic carbocycles. The van der Waals surface area contributed by atoms with E-state index in [9.17, 15) is 8.42 Å². The van der Waals surface area contributed by atoms with Crippen molar-refractivity contribution in [2.75, 3.05) is 6.54 Å². The van der Waals surface area contributed by atoms with Gasteiger partial charge in [-0.05, 0) is 30.2 Å². The molecule has 5 heteroatoms. The lowest BCUT2D eigenvalue weighted by molar-refractivity contribution is 0.599. The number of hydrogen-bond donors (Lipinski definition) is 1. The van der Waals surface area contributed by atoms with E-state index in [0.29, 0.717) is 6.54 Å². The first kappa shape index (κ1) is 9.96. The monoisotopic (exact) mass is 231 g/mol.